The van der Waals surface area contributed by atoms with Gasteiger partial charge in [-0.05, 0) is 58.3 Å². The van der Waals surface area contributed by atoms with Crippen LogP contribution in [0, 0.1) is 5.41 Å². The number of carbonyl (C=O) groups is 1. The molecule has 2 aliphatic rings. The summed E-state index contributed by atoms with van der Waals surface area (Å²) in [6.07, 6.45) is 5.23. The Morgan fingerprint density at radius 1 is 1.43 bits per heavy atom. The topological polar surface area (TPSA) is 61.8 Å². The molecule has 1 atom stereocenters. The fourth-order valence-corrected chi connectivity index (χ4v) is 2.93. The van der Waals surface area contributed by atoms with Crippen LogP contribution in [0.1, 0.15) is 52.9 Å². The monoisotopic (exact) mass is 298 g/mol. The minimum atomic E-state index is -0.434. The number of aliphatic hydroxyl groups is 1. The molecule has 2 rings (SSSR count). The van der Waals surface area contributed by atoms with Gasteiger partial charge in [0.2, 0.25) is 0 Å². The van der Waals surface area contributed by atoms with Crippen molar-refractivity contribution in [2.75, 3.05) is 26.2 Å². The van der Waals surface area contributed by atoms with Gasteiger partial charge in [0.15, 0.2) is 0 Å². The summed E-state index contributed by atoms with van der Waals surface area (Å²) >= 11 is 0. The number of amides is 1. The van der Waals surface area contributed by atoms with Gasteiger partial charge in [-0.3, -0.25) is 0 Å². The van der Waals surface area contributed by atoms with E-state index in [-0.39, 0.29) is 12.7 Å². The van der Waals surface area contributed by atoms with Gasteiger partial charge in [-0.25, -0.2) is 4.79 Å². The van der Waals surface area contributed by atoms with Crippen molar-refractivity contribution < 1.29 is 14.6 Å². The Bertz CT molecular complexity index is 361. The van der Waals surface area contributed by atoms with Gasteiger partial charge >= 0.3 is 6.09 Å². The number of nitrogens with zero attached hydrogens (tertiary/aromatic N) is 1. The van der Waals surface area contributed by atoms with Gasteiger partial charge in [0.05, 0.1) is 0 Å². The van der Waals surface area contributed by atoms with Crippen LogP contribution in [0.15, 0.2) is 0 Å². The first-order chi connectivity index (χ1) is 9.84. The molecule has 0 aromatic carbocycles. The van der Waals surface area contributed by atoms with E-state index in [2.05, 4.69) is 5.32 Å². The lowest BCUT2D eigenvalue weighted by molar-refractivity contribution is 0.0186. The van der Waals surface area contributed by atoms with Gasteiger partial charge in [-0.1, -0.05) is 0 Å². The third kappa shape index (κ3) is 5.15. The van der Waals surface area contributed by atoms with Crippen LogP contribution in [0.25, 0.3) is 0 Å². The number of piperidine rings is 1. The Hall–Kier alpha value is -0.810. The summed E-state index contributed by atoms with van der Waals surface area (Å²) in [5.74, 6) is 0. The van der Waals surface area contributed by atoms with E-state index in [1.54, 1.807) is 0 Å². The molecule has 1 unspecified atom stereocenters. The average molecular weight is 298 g/mol. The number of hydrogen-bond donors (Lipinski definition) is 2. The van der Waals surface area contributed by atoms with E-state index in [4.69, 9.17) is 9.84 Å². The van der Waals surface area contributed by atoms with Gasteiger partial charge in [-0.15, -0.1) is 0 Å². The number of rotatable bonds is 5. The average Bonchev–Trinajstić information content (AvgIpc) is 3.16. The molecule has 5 nitrogen and oxygen atoms in total. The summed E-state index contributed by atoms with van der Waals surface area (Å²) < 4.78 is 5.45. The summed E-state index contributed by atoms with van der Waals surface area (Å²) in [6.45, 7) is 8.44. The highest BCUT2D eigenvalue weighted by atomic mass is 16.6. The standard InChI is InChI=1S/C16H30N2O3/c1-15(2,3)21-14(20)18-9-4-5-13(11-18)17-12-16(6-7-16)8-10-19/h13,17,19H,4-12H2,1-3H3. The van der Waals surface area contributed by atoms with Crippen LogP contribution in [-0.2, 0) is 4.74 Å². The summed E-state index contributed by atoms with van der Waals surface area (Å²) in [5, 5.41) is 12.7. The van der Waals surface area contributed by atoms with Gasteiger partial charge in [0.1, 0.15) is 5.60 Å². The van der Waals surface area contributed by atoms with E-state index >= 15 is 0 Å². The first-order valence-corrected chi connectivity index (χ1v) is 8.16. The molecule has 122 valence electrons. The van der Waals surface area contributed by atoms with Gasteiger partial charge < -0.3 is 20.1 Å². The Kier molecular flexibility index (Phi) is 5.15. The Labute approximate surface area is 128 Å². The lowest BCUT2D eigenvalue weighted by atomic mass is 10.0. The second-order valence-corrected chi connectivity index (χ2v) is 7.62. The second kappa shape index (κ2) is 6.53. The summed E-state index contributed by atoms with van der Waals surface area (Å²) in [5.41, 5.74) is -0.112. The maximum absolute atomic E-state index is 12.1. The van der Waals surface area contributed by atoms with Crippen LogP contribution in [0.2, 0.25) is 0 Å². The summed E-state index contributed by atoms with van der Waals surface area (Å²) in [4.78, 5) is 13.9. The van der Waals surface area contributed by atoms with Gasteiger partial charge in [0, 0.05) is 32.3 Å². The van der Waals surface area contributed by atoms with Crippen molar-refractivity contribution in [1.29, 1.82) is 0 Å². The maximum atomic E-state index is 12.1. The lowest BCUT2D eigenvalue weighted by Gasteiger charge is -2.35. The summed E-state index contributed by atoms with van der Waals surface area (Å²) in [7, 11) is 0. The molecule has 0 bridgehead atoms. The largest absolute Gasteiger partial charge is 0.444 e. The number of ether oxygens (including phenoxy) is 1. The van der Waals surface area contributed by atoms with Crippen LogP contribution in [0.3, 0.4) is 0 Å². The zero-order valence-corrected chi connectivity index (χ0v) is 13.7. The Balaban J connectivity index is 1.77. The quantitative estimate of drug-likeness (QED) is 0.816. The maximum Gasteiger partial charge on any atom is 0.410 e. The molecule has 1 aliphatic carbocycles. The number of hydrogen-bond acceptors (Lipinski definition) is 4. The minimum Gasteiger partial charge on any atom is -0.444 e. The van der Waals surface area contributed by atoms with Gasteiger partial charge in [-0.2, -0.15) is 0 Å². The molecule has 1 saturated carbocycles. The SMILES string of the molecule is CC(C)(C)OC(=O)N1CCCC(NCC2(CCO)CC2)C1. The van der Waals surface area contributed by atoms with E-state index < -0.39 is 5.60 Å². The minimum absolute atomic E-state index is 0.203. The molecule has 0 aromatic heterocycles. The van der Waals surface area contributed by atoms with E-state index in [0.29, 0.717) is 11.5 Å². The molecule has 1 amide bonds. The first-order valence-electron chi connectivity index (χ1n) is 8.16. The van der Waals surface area contributed by atoms with Crippen LogP contribution in [0.4, 0.5) is 4.79 Å². The van der Waals surface area contributed by atoms with Gasteiger partial charge in [0.25, 0.3) is 0 Å². The van der Waals surface area contributed by atoms with E-state index in [9.17, 15) is 4.79 Å². The van der Waals surface area contributed by atoms with Crippen LogP contribution >= 0.6 is 0 Å². The third-order valence-corrected chi connectivity index (χ3v) is 4.44. The van der Waals surface area contributed by atoms with Crippen LogP contribution in [-0.4, -0.2) is 54.0 Å². The summed E-state index contributed by atoms with van der Waals surface area (Å²) in [6, 6.07) is 0.349. The first kappa shape index (κ1) is 16.6. The van der Waals surface area contributed by atoms with Crippen molar-refractivity contribution in [3.05, 3.63) is 0 Å². The molecule has 5 heteroatoms. The molecule has 0 spiro atoms. The lowest BCUT2D eigenvalue weighted by Crippen LogP contribution is -2.50. The highest BCUT2D eigenvalue weighted by Gasteiger charge is 2.42. The highest BCUT2D eigenvalue weighted by Crippen LogP contribution is 2.48. The normalized spacial score (nSPS) is 24.8. The molecule has 21 heavy (non-hydrogen) atoms. The fourth-order valence-electron chi connectivity index (χ4n) is 2.93. The highest BCUT2D eigenvalue weighted by molar-refractivity contribution is 5.68. The number of likely N-dealkylation sites (tertiary alicyclic amines) is 1. The third-order valence-electron chi connectivity index (χ3n) is 4.44. The Morgan fingerprint density at radius 3 is 2.71 bits per heavy atom. The number of aliphatic hydroxyl groups excluding tert-OH is 1. The van der Waals surface area contributed by atoms with Crippen molar-refractivity contribution in [1.82, 2.24) is 10.2 Å². The van der Waals surface area contributed by atoms with Crippen molar-refractivity contribution in [3.8, 4) is 0 Å². The zero-order chi connectivity index (χ0) is 15.5. The van der Waals surface area contributed by atoms with E-state index in [0.717, 1.165) is 38.9 Å². The predicted molar refractivity (Wildman–Crippen MR) is 82.2 cm³/mol. The molecular formula is C16H30N2O3. The van der Waals surface area contributed by atoms with E-state index in [1.165, 1.54) is 12.8 Å². The molecule has 2 fully saturated rings. The van der Waals surface area contributed by atoms with Crippen molar-refractivity contribution >= 4 is 6.09 Å². The zero-order valence-electron chi connectivity index (χ0n) is 13.7. The molecular weight excluding hydrogens is 268 g/mol. The fraction of sp³-hybridized carbons (Fsp3) is 0.938. The molecule has 0 aromatic rings. The Morgan fingerprint density at radius 2 is 2.14 bits per heavy atom. The molecule has 2 N–H and O–H groups in total. The second-order valence-electron chi connectivity index (χ2n) is 7.62. The van der Waals surface area contributed by atoms with Crippen LogP contribution < -0.4 is 5.32 Å². The van der Waals surface area contributed by atoms with Crippen molar-refractivity contribution in [3.63, 3.8) is 0 Å². The van der Waals surface area contributed by atoms with Crippen molar-refractivity contribution in [2.45, 2.75) is 64.5 Å². The van der Waals surface area contributed by atoms with Crippen molar-refractivity contribution in [2.24, 2.45) is 5.41 Å². The predicted octanol–water partition coefficient (Wildman–Crippen LogP) is 2.14. The smallest absolute Gasteiger partial charge is 0.410 e. The number of nitrogens with one attached hydrogen (secondary N) is 1. The van der Waals surface area contributed by atoms with E-state index in [1.807, 2.05) is 25.7 Å². The molecule has 0 radical (unpaired) electrons. The number of carbonyl (C=O) groups excluding carboxylic acids is 1. The molecule has 1 heterocycles. The molecule has 1 saturated heterocycles. The van der Waals surface area contributed by atoms with Crippen LogP contribution in [0.5, 0.6) is 0 Å². The molecule has 1 aliphatic heterocycles.